The molecule has 2 aromatic rings. The molecule has 27 heavy (non-hydrogen) atoms. The van der Waals surface area contributed by atoms with Crippen LogP contribution in [-0.4, -0.2) is 19.6 Å². The van der Waals surface area contributed by atoms with Gasteiger partial charge in [0.1, 0.15) is 5.69 Å². The predicted octanol–water partition coefficient (Wildman–Crippen LogP) is 4.42. The number of rotatable bonds is 5. The van der Waals surface area contributed by atoms with Gasteiger partial charge in [0.15, 0.2) is 0 Å². The first kappa shape index (κ1) is 18.2. The molecule has 1 aliphatic rings. The van der Waals surface area contributed by atoms with Gasteiger partial charge in [-0.05, 0) is 25.5 Å². The molecule has 0 N–H and O–H groups in total. The van der Waals surface area contributed by atoms with Crippen molar-refractivity contribution in [1.29, 1.82) is 0 Å². The van der Waals surface area contributed by atoms with Crippen LogP contribution in [-0.2, 0) is 0 Å². The minimum absolute atomic E-state index is 0.0252. The summed E-state index contributed by atoms with van der Waals surface area (Å²) >= 11 is 0. The van der Waals surface area contributed by atoms with Crippen LogP contribution in [0.25, 0.3) is 22.2 Å². The fraction of sp³-hybridized carbons (Fsp3) is 0.211. The summed E-state index contributed by atoms with van der Waals surface area (Å²) in [5.74, 6) is 0. The first-order valence-corrected chi connectivity index (χ1v) is 8.44. The minimum atomic E-state index is -0.434. The average Bonchev–Trinajstić information content (AvgIpc) is 3.05. The van der Waals surface area contributed by atoms with E-state index < -0.39 is 4.92 Å². The van der Waals surface area contributed by atoms with E-state index in [1.165, 1.54) is 19.1 Å². The number of nitrogens with zero attached hydrogens (tertiary/aromatic N) is 4. The number of para-hydroxylation sites is 1. The number of hydrogen-bond donors (Lipinski definition) is 0. The Morgan fingerprint density at radius 3 is 2.52 bits per heavy atom. The highest BCUT2D eigenvalue weighted by atomic mass is 16.6. The Morgan fingerprint density at radius 2 is 1.93 bits per heavy atom. The first-order valence-electron chi connectivity index (χ1n) is 8.44. The maximum atomic E-state index is 11.0. The third kappa shape index (κ3) is 3.55. The molecule has 1 heterocycles. The van der Waals surface area contributed by atoms with Crippen LogP contribution >= 0.6 is 0 Å². The summed E-state index contributed by atoms with van der Waals surface area (Å²) in [7, 11) is 0. The molecule has 1 aromatic carbocycles. The second-order valence-electron chi connectivity index (χ2n) is 6.14. The Kier molecular flexibility index (Phi) is 4.98. The van der Waals surface area contributed by atoms with Crippen molar-refractivity contribution in [2.24, 2.45) is 0 Å². The zero-order chi connectivity index (χ0) is 19.6. The molecule has 8 heteroatoms. The van der Waals surface area contributed by atoms with Gasteiger partial charge >= 0.3 is 0 Å². The molecule has 1 aliphatic carbocycles. The van der Waals surface area contributed by atoms with E-state index in [1.54, 1.807) is 23.8 Å². The van der Waals surface area contributed by atoms with E-state index in [4.69, 9.17) is 0 Å². The van der Waals surface area contributed by atoms with Gasteiger partial charge < -0.3 is 0 Å². The topological polar surface area (TPSA) is 104 Å². The van der Waals surface area contributed by atoms with E-state index in [0.29, 0.717) is 24.1 Å². The monoisotopic (exact) mass is 366 g/mol. The molecule has 0 radical (unpaired) electrons. The molecule has 8 nitrogen and oxygen atoms in total. The summed E-state index contributed by atoms with van der Waals surface area (Å²) in [4.78, 5) is 21.1. The zero-order valence-corrected chi connectivity index (χ0v) is 15.0. The quantitative estimate of drug-likeness (QED) is 0.443. The predicted molar refractivity (Wildman–Crippen MR) is 103 cm³/mol. The highest BCUT2D eigenvalue weighted by Crippen LogP contribution is 2.31. The van der Waals surface area contributed by atoms with E-state index in [9.17, 15) is 20.2 Å². The molecular formula is C19H18N4O4. The average molecular weight is 366 g/mol. The standard InChI is InChI=1S/C19H18N4O4/c1-3-14(12-13(2)22(24)25)19-17-6-4-5-7-18(17)21(20-19)15-8-10-16(11-9-15)23(26)27/h3-8,10,12H,9,11H2,1-2H3/b13-12+,14-3+. The van der Waals surface area contributed by atoms with Crippen molar-refractivity contribution in [2.45, 2.75) is 26.7 Å². The van der Waals surface area contributed by atoms with Crippen molar-refractivity contribution >= 4 is 22.2 Å². The molecule has 0 spiro atoms. The van der Waals surface area contributed by atoms with E-state index in [2.05, 4.69) is 5.10 Å². The van der Waals surface area contributed by atoms with Crippen LogP contribution in [0.3, 0.4) is 0 Å². The fourth-order valence-electron chi connectivity index (χ4n) is 3.01. The third-order valence-electron chi connectivity index (χ3n) is 4.44. The Hall–Kier alpha value is -3.55. The van der Waals surface area contributed by atoms with E-state index >= 15 is 0 Å². The Bertz CT molecular complexity index is 1060. The number of fused-ring (bicyclic) bond motifs is 1. The highest BCUT2D eigenvalue weighted by molar-refractivity contribution is 5.94. The van der Waals surface area contributed by atoms with Gasteiger partial charge in [0, 0.05) is 42.2 Å². The second-order valence-corrected chi connectivity index (χ2v) is 6.14. The summed E-state index contributed by atoms with van der Waals surface area (Å²) in [5, 5.41) is 27.5. The summed E-state index contributed by atoms with van der Waals surface area (Å²) in [5.41, 5.74) is 3.18. The minimum Gasteiger partial charge on any atom is -0.259 e. The Morgan fingerprint density at radius 1 is 1.19 bits per heavy atom. The van der Waals surface area contributed by atoms with E-state index in [0.717, 1.165) is 16.6 Å². The summed E-state index contributed by atoms with van der Waals surface area (Å²) in [6.07, 6.45) is 7.32. The largest absolute Gasteiger partial charge is 0.259 e. The number of allylic oxidation sites excluding steroid dienone is 8. The summed E-state index contributed by atoms with van der Waals surface area (Å²) in [6, 6.07) is 7.60. The molecule has 138 valence electrons. The number of nitro groups is 2. The maximum absolute atomic E-state index is 11.0. The van der Waals surface area contributed by atoms with Gasteiger partial charge in [-0.1, -0.05) is 24.3 Å². The fourth-order valence-corrected chi connectivity index (χ4v) is 3.01. The summed E-state index contributed by atoms with van der Waals surface area (Å²) in [6.45, 7) is 3.25. The van der Waals surface area contributed by atoms with Gasteiger partial charge in [0.25, 0.3) is 0 Å². The molecule has 1 aromatic heterocycles. The second kappa shape index (κ2) is 7.36. The lowest BCUT2D eigenvalue weighted by atomic mass is 10.1. The van der Waals surface area contributed by atoms with Gasteiger partial charge in [-0.2, -0.15) is 5.10 Å². The lowest BCUT2D eigenvalue weighted by Gasteiger charge is -2.11. The van der Waals surface area contributed by atoms with Gasteiger partial charge in [-0.25, -0.2) is 4.68 Å². The third-order valence-corrected chi connectivity index (χ3v) is 4.44. The molecule has 0 saturated heterocycles. The molecule has 0 amide bonds. The van der Waals surface area contributed by atoms with Crippen LogP contribution in [0.2, 0.25) is 0 Å². The van der Waals surface area contributed by atoms with Crippen LogP contribution in [0.5, 0.6) is 0 Å². The molecule has 3 rings (SSSR count). The van der Waals surface area contributed by atoms with Crippen LogP contribution < -0.4 is 0 Å². The van der Waals surface area contributed by atoms with Gasteiger partial charge in [0.05, 0.1) is 15.4 Å². The van der Waals surface area contributed by atoms with Gasteiger partial charge in [-0.15, -0.1) is 0 Å². The van der Waals surface area contributed by atoms with Gasteiger partial charge in [0.2, 0.25) is 11.4 Å². The smallest absolute Gasteiger partial charge is 0.246 e. The van der Waals surface area contributed by atoms with Crippen molar-refractivity contribution in [1.82, 2.24) is 9.78 Å². The molecule has 0 unspecified atom stereocenters. The van der Waals surface area contributed by atoms with E-state index in [-0.39, 0.29) is 16.3 Å². The first-order chi connectivity index (χ1) is 12.9. The molecule has 0 fully saturated rings. The Balaban J connectivity index is 2.14. The van der Waals surface area contributed by atoms with Crippen molar-refractivity contribution in [3.05, 3.63) is 85.9 Å². The van der Waals surface area contributed by atoms with Crippen LogP contribution in [0, 0.1) is 20.2 Å². The molecule has 0 aliphatic heterocycles. The Labute approximate surface area is 155 Å². The van der Waals surface area contributed by atoms with Crippen molar-refractivity contribution in [3.63, 3.8) is 0 Å². The summed E-state index contributed by atoms with van der Waals surface area (Å²) < 4.78 is 1.76. The number of hydrogen-bond acceptors (Lipinski definition) is 5. The zero-order valence-electron chi connectivity index (χ0n) is 15.0. The SMILES string of the molecule is C/C=C(\C=C(/C)[N+](=O)[O-])c1nn(C2=CC=C([N+](=O)[O-])CC2)c2ccccc12. The molecular weight excluding hydrogens is 348 g/mol. The lowest BCUT2D eigenvalue weighted by Crippen LogP contribution is -2.07. The number of aromatic nitrogens is 2. The normalized spacial score (nSPS) is 15.5. The van der Waals surface area contributed by atoms with Crippen LogP contribution in [0.15, 0.2) is 60.0 Å². The molecule has 0 bridgehead atoms. The van der Waals surface area contributed by atoms with Crippen molar-refractivity contribution < 1.29 is 9.85 Å². The van der Waals surface area contributed by atoms with Crippen molar-refractivity contribution in [2.75, 3.05) is 0 Å². The maximum Gasteiger partial charge on any atom is 0.246 e. The van der Waals surface area contributed by atoms with Gasteiger partial charge in [-0.3, -0.25) is 20.2 Å². The highest BCUT2D eigenvalue weighted by Gasteiger charge is 2.20. The molecule has 0 atom stereocenters. The molecule has 0 saturated carbocycles. The van der Waals surface area contributed by atoms with E-state index in [1.807, 2.05) is 24.3 Å². The number of benzene rings is 1. The van der Waals surface area contributed by atoms with Crippen LogP contribution in [0.4, 0.5) is 0 Å². The van der Waals surface area contributed by atoms with Crippen molar-refractivity contribution in [3.8, 4) is 0 Å². The lowest BCUT2D eigenvalue weighted by molar-refractivity contribution is -0.428. The van der Waals surface area contributed by atoms with Crippen LogP contribution in [0.1, 0.15) is 32.4 Å².